The molecule has 5 nitrogen and oxygen atoms in total. The number of rotatable bonds is 7. The summed E-state index contributed by atoms with van der Waals surface area (Å²) in [5, 5.41) is 11.9. The molecule has 2 aromatic rings. The predicted octanol–water partition coefficient (Wildman–Crippen LogP) is 2.79. The summed E-state index contributed by atoms with van der Waals surface area (Å²) in [6.45, 7) is 6.40. The molecule has 1 N–H and O–H groups in total. The van der Waals surface area contributed by atoms with E-state index in [4.69, 9.17) is 16.3 Å². The van der Waals surface area contributed by atoms with Gasteiger partial charge in [-0.25, -0.2) is 0 Å². The van der Waals surface area contributed by atoms with Gasteiger partial charge in [-0.15, -0.1) is 5.10 Å². The van der Waals surface area contributed by atoms with Crippen LogP contribution in [-0.2, 0) is 20.2 Å². The summed E-state index contributed by atoms with van der Waals surface area (Å²) in [5.41, 5.74) is 1.82. The number of nitrogens with one attached hydrogen (secondary N) is 1. The number of aromatic nitrogens is 3. The number of halogens is 1. The van der Waals surface area contributed by atoms with E-state index in [1.165, 1.54) is 0 Å². The lowest BCUT2D eigenvalue weighted by atomic mass is 10.2. The minimum atomic E-state index is 0.356. The van der Waals surface area contributed by atoms with E-state index in [2.05, 4.69) is 29.5 Å². The highest BCUT2D eigenvalue weighted by atomic mass is 35.5. The molecular formula is C15H21ClN4O. The minimum Gasteiger partial charge on any atom is -0.485 e. The predicted molar refractivity (Wildman–Crippen MR) is 83.3 cm³/mol. The Labute approximate surface area is 130 Å². The van der Waals surface area contributed by atoms with E-state index in [0.717, 1.165) is 24.3 Å². The molecule has 0 fully saturated rings. The van der Waals surface area contributed by atoms with Crippen LogP contribution in [0.4, 0.5) is 0 Å². The van der Waals surface area contributed by atoms with Gasteiger partial charge in [0.15, 0.2) is 0 Å². The molecule has 6 heteroatoms. The first-order valence-corrected chi connectivity index (χ1v) is 7.40. The summed E-state index contributed by atoms with van der Waals surface area (Å²) in [6.07, 6.45) is 1.83. The Morgan fingerprint density at radius 1 is 1.38 bits per heavy atom. The Hall–Kier alpha value is -1.59. The Bertz CT molecular complexity index is 583. The van der Waals surface area contributed by atoms with Crippen LogP contribution >= 0.6 is 11.6 Å². The molecule has 0 radical (unpaired) electrons. The van der Waals surface area contributed by atoms with Gasteiger partial charge in [0.2, 0.25) is 0 Å². The number of benzene rings is 1. The van der Waals surface area contributed by atoms with Crippen molar-refractivity contribution in [3.05, 3.63) is 40.7 Å². The van der Waals surface area contributed by atoms with E-state index in [0.29, 0.717) is 23.3 Å². The Kier molecular flexibility index (Phi) is 5.59. The summed E-state index contributed by atoms with van der Waals surface area (Å²) >= 11 is 6.25. The first-order valence-electron chi connectivity index (χ1n) is 7.02. The summed E-state index contributed by atoms with van der Waals surface area (Å²) in [4.78, 5) is 0. The molecule has 2 rings (SSSR count). The molecule has 0 aliphatic carbocycles. The average molecular weight is 309 g/mol. The summed E-state index contributed by atoms with van der Waals surface area (Å²) in [6, 6.07) is 5.79. The van der Waals surface area contributed by atoms with E-state index >= 15 is 0 Å². The highest BCUT2D eigenvalue weighted by Crippen LogP contribution is 2.29. The largest absolute Gasteiger partial charge is 0.485 e. The minimum absolute atomic E-state index is 0.356. The van der Waals surface area contributed by atoms with Crippen LogP contribution in [-0.4, -0.2) is 21.5 Å². The Morgan fingerprint density at radius 3 is 2.86 bits per heavy atom. The number of hydrogen-bond acceptors (Lipinski definition) is 4. The third-order valence-electron chi connectivity index (χ3n) is 2.93. The Morgan fingerprint density at radius 2 is 2.19 bits per heavy atom. The van der Waals surface area contributed by atoms with E-state index in [9.17, 15) is 0 Å². The lowest BCUT2D eigenvalue weighted by molar-refractivity contribution is 0.297. The van der Waals surface area contributed by atoms with Gasteiger partial charge < -0.3 is 10.1 Å². The maximum absolute atomic E-state index is 6.25. The maximum atomic E-state index is 6.25. The number of aryl methyl sites for hydroxylation is 1. The summed E-state index contributed by atoms with van der Waals surface area (Å²) in [5.74, 6) is 1.31. The van der Waals surface area contributed by atoms with Crippen LogP contribution in [0.5, 0.6) is 5.75 Å². The molecule has 0 amide bonds. The van der Waals surface area contributed by atoms with Gasteiger partial charge in [0, 0.05) is 19.2 Å². The van der Waals surface area contributed by atoms with Gasteiger partial charge in [0.25, 0.3) is 0 Å². The third-order valence-corrected chi connectivity index (χ3v) is 3.23. The monoisotopic (exact) mass is 308 g/mol. The van der Waals surface area contributed by atoms with Gasteiger partial charge >= 0.3 is 0 Å². The van der Waals surface area contributed by atoms with Crippen molar-refractivity contribution in [1.82, 2.24) is 20.3 Å². The van der Waals surface area contributed by atoms with Gasteiger partial charge in [-0.1, -0.05) is 42.8 Å². The third kappa shape index (κ3) is 4.72. The molecule has 1 aromatic carbocycles. The maximum Gasteiger partial charge on any atom is 0.142 e. The summed E-state index contributed by atoms with van der Waals surface area (Å²) in [7, 11) is 1.83. The van der Waals surface area contributed by atoms with E-state index in [1.807, 2.05) is 31.4 Å². The van der Waals surface area contributed by atoms with Crippen molar-refractivity contribution in [3.8, 4) is 5.75 Å². The highest BCUT2D eigenvalue weighted by molar-refractivity contribution is 6.32. The number of hydrogen-bond donors (Lipinski definition) is 1. The fraction of sp³-hybridized carbons (Fsp3) is 0.467. The second-order valence-corrected chi connectivity index (χ2v) is 5.83. The van der Waals surface area contributed by atoms with Crippen molar-refractivity contribution in [2.75, 3.05) is 6.54 Å². The topological polar surface area (TPSA) is 52.0 Å². The van der Waals surface area contributed by atoms with Crippen LogP contribution in [0, 0.1) is 5.92 Å². The molecule has 0 aliphatic heterocycles. The molecule has 114 valence electrons. The normalized spacial score (nSPS) is 11.1. The van der Waals surface area contributed by atoms with E-state index < -0.39 is 0 Å². The molecule has 0 bridgehead atoms. The first kappa shape index (κ1) is 15.8. The average Bonchev–Trinajstić information content (AvgIpc) is 2.83. The Balaban J connectivity index is 2.02. The van der Waals surface area contributed by atoms with Crippen LogP contribution in [0.1, 0.15) is 25.1 Å². The molecule has 0 atom stereocenters. The van der Waals surface area contributed by atoms with Crippen LogP contribution in [0.3, 0.4) is 0 Å². The molecule has 21 heavy (non-hydrogen) atoms. The second-order valence-electron chi connectivity index (χ2n) is 5.43. The number of nitrogens with zero attached hydrogens (tertiary/aromatic N) is 3. The van der Waals surface area contributed by atoms with Crippen molar-refractivity contribution in [3.63, 3.8) is 0 Å². The van der Waals surface area contributed by atoms with Gasteiger partial charge in [-0.3, -0.25) is 4.68 Å². The van der Waals surface area contributed by atoms with E-state index in [-0.39, 0.29) is 0 Å². The summed E-state index contributed by atoms with van der Waals surface area (Å²) < 4.78 is 7.49. The van der Waals surface area contributed by atoms with Gasteiger partial charge in [-0.2, -0.15) is 0 Å². The first-order chi connectivity index (χ1) is 10.1. The standard InChI is InChI=1S/C15H21ClN4O/c1-11(2)7-17-8-12-5-4-6-14(16)15(12)21-10-13-9-20(3)19-18-13/h4-6,9,11,17H,7-8,10H2,1-3H3. The van der Waals surface area contributed by atoms with Crippen LogP contribution in [0.15, 0.2) is 24.4 Å². The molecule has 1 aromatic heterocycles. The molecule has 0 saturated carbocycles. The van der Waals surface area contributed by atoms with Crippen molar-refractivity contribution in [2.24, 2.45) is 13.0 Å². The van der Waals surface area contributed by atoms with Crippen molar-refractivity contribution in [1.29, 1.82) is 0 Å². The fourth-order valence-corrected chi connectivity index (χ4v) is 2.21. The quantitative estimate of drug-likeness (QED) is 0.854. The molecule has 0 aliphatic rings. The zero-order chi connectivity index (χ0) is 15.2. The fourth-order valence-electron chi connectivity index (χ4n) is 1.96. The SMILES string of the molecule is CC(C)CNCc1cccc(Cl)c1OCc1cn(C)nn1. The van der Waals surface area contributed by atoms with Crippen molar-refractivity contribution >= 4 is 11.6 Å². The number of ether oxygens (including phenoxy) is 1. The highest BCUT2D eigenvalue weighted by Gasteiger charge is 2.10. The lowest BCUT2D eigenvalue weighted by Crippen LogP contribution is -2.19. The lowest BCUT2D eigenvalue weighted by Gasteiger charge is -2.14. The smallest absolute Gasteiger partial charge is 0.142 e. The van der Waals surface area contributed by atoms with Gasteiger partial charge in [0.05, 0.1) is 11.2 Å². The zero-order valence-electron chi connectivity index (χ0n) is 12.6. The molecule has 1 heterocycles. The molecule has 0 unspecified atom stereocenters. The second kappa shape index (κ2) is 7.43. The molecule has 0 spiro atoms. The zero-order valence-corrected chi connectivity index (χ0v) is 13.4. The number of para-hydroxylation sites is 1. The van der Waals surface area contributed by atoms with Crippen molar-refractivity contribution < 1.29 is 4.74 Å². The van der Waals surface area contributed by atoms with Crippen LogP contribution in [0.2, 0.25) is 5.02 Å². The van der Waals surface area contributed by atoms with Crippen LogP contribution in [0.25, 0.3) is 0 Å². The van der Waals surface area contributed by atoms with E-state index in [1.54, 1.807) is 4.68 Å². The van der Waals surface area contributed by atoms with Gasteiger partial charge in [0.1, 0.15) is 18.1 Å². The molecular weight excluding hydrogens is 288 g/mol. The molecule has 0 saturated heterocycles. The van der Waals surface area contributed by atoms with Crippen LogP contribution < -0.4 is 10.1 Å². The van der Waals surface area contributed by atoms with Gasteiger partial charge in [-0.05, 0) is 18.5 Å². The van der Waals surface area contributed by atoms with Crippen molar-refractivity contribution in [2.45, 2.75) is 27.0 Å².